The number of hydrogen-bond acceptors (Lipinski definition) is 5. The van der Waals surface area contributed by atoms with Gasteiger partial charge in [0.1, 0.15) is 0 Å². The van der Waals surface area contributed by atoms with Crippen LogP contribution in [0.1, 0.15) is 31.9 Å². The Morgan fingerprint density at radius 3 is 2.63 bits per heavy atom. The van der Waals surface area contributed by atoms with Crippen molar-refractivity contribution in [1.29, 1.82) is 0 Å². The normalized spacial score (nSPS) is 22.0. The molecule has 0 spiro atoms. The van der Waals surface area contributed by atoms with E-state index in [-0.39, 0.29) is 11.6 Å². The van der Waals surface area contributed by atoms with Gasteiger partial charge in [-0.25, -0.2) is 0 Å². The molecule has 30 heavy (non-hydrogen) atoms. The predicted molar refractivity (Wildman–Crippen MR) is 122 cm³/mol. The summed E-state index contributed by atoms with van der Waals surface area (Å²) in [4.78, 5) is 9.52. The van der Waals surface area contributed by atoms with Crippen LogP contribution in [0.3, 0.4) is 0 Å². The van der Waals surface area contributed by atoms with E-state index in [2.05, 4.69) is 46.1 Å². The van der Waals surface area contributed by atoms with Gasteiger partial charge in [0, 0.05) is 37.7 Å². The molecule has 2 heterocycles. The average Bonchev–Trinajstić information content (AvgIpc) is 2.73. The van der Waals surface area contributed by atoms with E-state index in [9.17, 15) is 0 Å². The van der Waals surface area contributed by atoms with Gasteiger partial charge in [-0.15, -0.1) is 0 Å². The van der Waals surface area contributed by atoms with Gasteiger partial charge in [0.15, 0.2) is 5.96 Å². The number of aliphatic imine (C=N–C) groups is 1. The van der Waals surface area contributed by atoms with Gasteiger partial charge in [-0.1, -0.05) is 23.7 Å². The third-order valence-electron chi connectivity index (χ3n) is 5.65. The fourth-order valence-corrected chi connectivity index (χ4v) is 4.15. The molecule has 8 heteroatoms. The lowest BCUT2D eigenvalue weighted by molar-refractivity contribution is -0.0967. The molecule has 0 bridgehead atoms. The van der Waals surface area contributed by atoms with Crippen molar-refractivity contribution in [3.8, 4) is 0 Å². The first-order chi connectivity index (χ1) is 14.4. The second-order valence-electron chi connectivity index (χ2n) is 8.61. The number of halogens is 1. The minimum atomic E-state index is -0.171. The second-order valence-corrected chi connectivity index (χ2v) is 9.04. The van der Waals surface area contributed by atoms with E-state index < -0.39 is 0 Å². The summed E-state index contributed by atoms with van der Waals surface area (Å²) >= 11 is 6.10. The predicted octanol–water partition coefficient (Wildman–Crippen LogP) is 2.12. The average molecular weight is 438 g/mol. The Balaban J connectivity index is 1.54. The molecule has 0 saturated carbocycles. The van der Waals surface area contributed by atoms with Crippen molar-refractivity contribution in [2.45, 2.75) is 31.9 Å². The number of hydrogen-bond donors (Lipinski definition) is 2. The smallest absolute Gasteiger partial charge is 0.188 e. The highest BCUT2D eigenvalue weighted by Gasteiger charge is 2.32. The maximum atomic E-state index is 6.17. The SMILES string of the molecule is CC1(C)CN(C(CN=C(N)NCCCN2CCOCC2)c2ccc(Cl)cc2)CCO1. The quantitative estimate of drug-likeness (QED) is 0.368. The molecule has 168 valence electrons. The highest BCUT2D eigenvalue weighted by molar-refractivity contribution is 6.30. The second kappa shape index (κ2) is 11.3. The number of nitrogens with zero attached hydrogens (tertiary/aromatic N) is 3. The molecule has 2 saturated heterocycles. The van der Waals surface area contributed by atoms with Crippen LogP contribution in [0.25, 0.3) is 0 Å². The first kappa shape index (κ1) is 23.3. The van der Waals surface area contributed by atoms with Crippen molar-refractivity contribution in [2.24, 2.45) is 10.7 Å². The third kappa shape index (κ3) is 7.39. The number of guanidine groups is 1. The van der Waals surface area contributed by atoms with Crippen molar-refractivity contribution in [3.05, 3.63) is 34.9 Å². The summed E-state index contributed by atoms with van der Waals surface area (Å²) in [6.07, 6.45) is 1.04. The summed E-state index contributed by atoms with van der Waals surface area (Å²) in [5.41, 5.74) is 7.19. The van der Waals surface area contributed by atoms with E-state index in [1.807, 2.05) is 12.1 Å². The fourth-order valence-electron chi connectivity index (χ4n) is 4.02. The lowest BCUT2D eigenvalue weighted by atomic mass is 10.0. The lowest BCUT2D eigenvalue weighted by Crippen LogP contribution is -2.50. The zero-order valence-electron chi connectivity index (χ0n) is 18.3. The maximum absolute atomic E-state index is 6.17. The van der Waals surface area contributed by atoms with Crippen molar-refractivity contribution in [2.75, 3.05) is 65.6 Å². The molecule has 3 N–H and O–H groups in total. The minimum Gasteiger partial charge on any atom is -0.379 e. The van der Waals surface area contributed by atoms with Crippen molar-refractivity contribution < 1.29 is 9.47 Å². The Bertz CT molecular complexity index is 677. The van der Waals surface area contributed by atoms with E-state index in [4.69, 9.17) is 26.8 Å². The Morgan fingerprint density at radius 1 is 1.20 bits per heavy atom. The van der Waals surface area contributed by atoms with Crippen molar-refractivity contribution >= 4 is 17.6 Å². The minimum absolute atomic E-state index is 0.138. The first-order valence-electron chi connectivity index (χ1n) is 10.9. The van der Waals surface area contributed by atoms with Gasteiger partial charge in [0.05, 0.1) is 38.0 Å². The lowest BCUT2D eigenvalue weighted by Gasteiger charge is -2.42. The van der Waals surface area contributed by atoms with E-state index in [1.54, 1.807) is 0 Å². The molecule has 0 radical (unpaired) electrons. The van der Waals surface area contributed by atoms with Gasteiger partial charge >= 0.3 is 0 Å². The zero-order chi connectivity index (χ0) is 21.4. The largest absolute Gasteiger partial charge is 0.379 e. The number of ether oxygens (including phenoxy) is 2. The highest BCUT2D eigenvalue weighted by atomic mass is 35.5. The standard InChI is InChI=1S/C22H36ClN5O2/c1-22(2)17-28(12-15-30-22)20(18-4-6-19(23)7-5-18)16-26-21(24)25-8-3-9-27-10-13-29-14-11-27/h4-7,20H,3,8-17H2,1-2H3,(H3,24,25,26). The van der Waals surface area contributed by atoms with E-state index in [0.717, 1.165) is 70.5 Å². The molecule has 0 aromatic heterocycles. The van der Waals surface area contributed by atoms with Crippen LogP contribution in [-0.2, 0) is 9.47 Å². The molecular weight excluding hydrogens is 402 g/mol. The number of benzene rings is 1. The molecule has 0 amide bonds. The van der Waals surface area contributed by atoms with Crippen LogP contribution in [0, 0.1) is 0 Å². The van der Waals surface area contributed by atoms with E-state index >= 15 is 0 Å². The van der Waals surface area contributed by atoms with Gasteiger partial charge in [0.25, 0.3) is 0 Å². The van der Waals surface area contributed by atoms with E-state index in [1.165, 1.54) is 5.56 Å². The number of nitrogens with one attached hydrogen (secondary N) is 1. The highest BCUT2D eigenvalue weighted by Crippen LogP contribution is 2.28. The molecule has 2 aliphatic heterocycles. The number of rotatable bonds is 8. The Kier molecular flexibility index (Phi) is 8.77. The molecule has 7 nitrogen and oxygen atoms in total. The zero-order valence-corrected chi connectivity index (χ0v) is 19.0. The van der Waals surface area contributed by atoms with Gasteiger partial charge in [-0.3, -0.25) is 14.8 Å². The van der Waals surface area contributed by atoms with Crippen LogP contribution in [0.4, 0.5) is 0 Å². The monoisotopic (exact) mass is 437 g/mol. The Hall–Kier alpha value is -1.38. The van der Waals surface area contributed by atoms with Crippen molar-refractivity contribution in [1.82, 2.24) is 15.1 Å². The van der Waals surface area contributed by atoms with Crippen LogP contribution in [-0.4, -0.2) is 87.0 Å². The van der Waals surface area contributed by atoms with Crippen LogP contribution < -0.4 is 11.1 Å². The first-order valence-corrected chi connectivity index (χ1v) is 11.3. The molecule has 1 aromatic carbocycles. The molecule has 3 rings (SSSR count). The summed E-state index contributed by atoms with van der Waals surface area (Å²) in [5, 5.41) is 4.00. The fraction of sp³-hybridized carbons (Fsp3) is 0.682. The molecule has 2 aliphatic rings. The molecule has 0 aliphatic carbocycles. The van der Waals surface area contributed by atoms with Gasteiger partial charge in [-0.2, -0.15) is 0 Å². The summed E-state index contributed by atoms with van der Waals surface area (Å²) in [6.45, 7) is 12.9. The third-order valence-corrected chi connectivity index (χ3v) is 5.90. The van der Waals surface area contributed by atoms with Gasteiger partial charge in [0.2, 0.25) is 0 Å². The summed E-state index contributed by atoms with van der Waals surface area (Å²) in [5.74, 6) is 0.503. The number of morpholine rings is 2. The van der Waals surface area contributed by atoms with Gasteiger partial charge < -0.3 is 20.5 Å². The molecule has 1 unspecified atom stereocenters. The Morgan fingerprint density at radius 2 is 1.93 bits per heavy atom. The van der Waals surface area contributed by atoms with Crippen molar-refractivity contribution in [3.63, 3.8) is 0 Å². The Labute approximate surface area is 185 Å². The summed E-state index contributed by atoms with van der Waals surface area (Å²) in [6, 6.07) is 8.17. The van der Waals surface area contributed by atoms with Crippen LogP contribution in [0.5, 0.6) is 0 Å². The van der Waals surface area contributed by atoms with Crippen LogP contribution in [0.2, 0.25) is 5.02 Å². The maximum Gasteiger partial charge on any atom is 0.188 e. The number of nitrogens with two attached hydrogens (primary N) is 1. The van der Waals surface area contributed by atoms with E-state index in [0.29, 0.717) is 12.5 Å². The van der Waals surface area contributed by atoms with Crippen LogP contribution >= 0.6 is 11.6 Å². The molecule has 1 aromatic rings. The molecule has 1 atom stereocenters. The molecule has 2 fully saturated rings. The summed E-state index contributed by atoms with van der Waals surface area (Å²) < 4.78 is 11.3. The topological polar surface area (TPSA) is 75.4 Å². The van der Waals surface area contributed by atoms with Crippen LogP contribution in [0.15, 0.2) is 29.3 Å². The summed E-state index contributed by atoms with van der Waals surface area (Å²) in [7, 11) is 0. The van der Waals surface area contributed by atoms with Gasteiger partial charge in [-0.05, 0) is 44.5 Å². The molecular formula is C22H36ClN5O2.